The molecule has 3 heteroatoms. The lowest BCUT2D eigenvalue weighted by Crippen LogP contribution is -2.07. The summed E-state index contributed by atoms with van der Waals surface area (Å²) in [7, 11) is 0. The van der Waals surface area contributed by atoms with Gasteiger partial charge in [-0.15, -0.1) is 0 Å². The summed E-state index contributed by atoms with van der Waals surface area (Å²) in [5.41, 5.74) is 6.62. The van der Waals surface area contributed by atoms with Crippen molar-refractivity contribution in [1.82, 2.24) is 4.98 Å². The fourth-order valence-corrected chi connectivity index (χ4v) is 0.923. The van der Waals surface area contributed by atoms with E-state index in [-0.39, 0.29) is 6.10 Å². The van der Waals surface area contributed by atoms with Crippen LogP contribution in [0.15, 0.2) is 18.3 Å². The lowest BCUT2D eigenvalue weighted by atomic mass is 10.2. The van der Waals surface area contributed by atoms with Crippen LogP contribution in [0.5, 0.6) is 0 Å². The maximum Gasteiger partial charge on any atom is 0.128 e. The molecule has 72 valence electrons. The number of pyridine rings is 1. The third-order valence-electron chi connectivity index (χ3n) is 2.02. The van der Waals surface area contributed by atoms with Crippen LogP contribution in [0.1, 0.15) is 25.8 Å². The van der Waals surface area contributed by atoms with Gasteiger partial charge < -0.3 is 10.5 Å². The van der Waals surface area contributed by atoms with E-state index in [0.717, 1.165) is 12.0 Å². The van der Waals surface area contributed by atoms with Crippen molar-refractivity contribution >= 4 is 5.82 Å². The molecule has 0 bridgehead atoms. The predicted octanol–water partition coefficient (Wildman–Crippen LogP) is 1.98. The Hall–Kier alpha value is -1.09. The van der Waals surface area contributed by atoms with Gasteiger partial charge in [-0.2, -0.15) is 0 Å². The van der Waals surface area contributed by atoms with Gasteiger partial charge in [0.1, 0.15) is 5.82 Å². The summed E-state index contributed by atoms with van der Waals surface area (Å²) in [6.45, 7) is 4.69. The van der Waals surface area contributed by atoms with Crippen LogP contribution in [0.4, 0.5) is 5.82 Å². The van der Waals surface area contributed by atoms with E-state index >= 15 is 0 Å². The molecule has 0 amide bonds. The second-order valence-corrected chi connectivity index (χ2v) is 3.08. The minimum absolute atomic E-state index is 0.277. The highest BCUT2D eigenvalue weighted by molar-refractivity contribution is 5.37. The number of nitrogens with two attached hydrogens (primary N) is 1. The lowest BCUT2D eigenvalue weighted by Gasteiger charge is -2.10. The van der Waals surface area contributed by atoms with Crippen LogP contribution in [0, 0.1) is 0 Å². The van der Waals surface area contributed by atoms with E-state index in [1.54, 1.807) is 6.20 Å². The summed E-state index contributed by atoms with van der Waals surface area (Å²) in [6.07, 6.45) is 2.97. The van der Waals surface area contributed by atoms with Gasteiger partial charge in [-0.3, -0.25) is 0 Å². The van der Waals surface area contributed by atoms with Gasteiger partial charge in [-0.1, -0.05) is 13.0 Å². The standard InChI is InChI=1S/C10H16N2O/c1-3-8(2)13-7-9-5-4-6-12-10(9)11/h4-6,8H,3,7H2,1-2H3,(H2,11,12). The van der Waals surface area contributed by atoms with E-state index in [0.29, 0.717) is 12.4 Å². The first-order chi connectivity index (χ1) is 6.24. The van der Waals surface area contributed by atoms with Crippen LogP contribution >= 0.6 is 0 Å². The summed E-state index contributed by atoms with van der Waals surface area (Å²) < 4.78 is 5.54. The van der Waals surface area contributed by atoms with E-state index in [1.807, 2.05) is 19.1 Å². The van der Waals surface area contributed by atoms with Crippen molar-refractivity contribution in [2.45, 2.75) is 33.0 Å². The molecule has 0 saturated carbocycles. The topological polar surface area (TPSA) is 48.1 Å². The third kappa shape index (κ3) is 3.03. The van der Waals surface area contributed by atoms with Gasteiger partial charge in [0.25, 0.3) is 0 Å². The highest BCUT2D eigenvalue weighted by Gasteiger charge is 2.02. The summed E-state index contributed by atoms with van der Waals surface area (Å²) in [4.78, 5) is 3.98. The zero-order valence-corrected chi connectivity index (χ0v) is 8.16. The van der Waals surface area contributed by atoms with Gasteiger partial charge in [-0.25, -0.2) is 4.98 Å². The predicted molar refractivity (Wildman–Crippen MR) is 53.2 cm³/mol. The van der Waals surface area contributed by atoms with Gasteiger partial charge in [0.15, 0.2) is 0 Å². The second-order valence-electron chi connectivity index (χ2n) is 3.08. The molecule has 0 fully saturated rings. The number of anilines is 1. The van der Waals surface area contributed by atoms with Crippen molar-refractivity contribution in [2.75, 3.05) is 5.73 Å². The Bertz CT molecular complexity index is 263. The Balaban J connectivity index is 2.50. The molecule has 3 nitrogen and oxygen atoms in total. The molecular formula is C10H16N2O. The zero-order valence-electron chi connectivity index (χ0n) is 8.16. The number of nitrogens with zero attached hydrogens (tertiary/aromatic N) is 1. The van der Waals surface area contributed by atoms with Gasteiger partial charge in [0, 0.05) is 11.8 Å². The Morgan fingerprint density at radius 3 is 3.00 bits per heavy atom. The lowest BCUT2D eigenvalue weighted by molar-refractivity contribution is 0.0511. The molecule has 0 saturated heterocycles. The molecule has 1 heterocycles. The summed E-state index contributed by atoms with van der Waals surface area (Å²) in [5, 5.41) is 0. The van der Waals surface area contributed by atoms with Crippen molar-refractivity contribution in [1.29, 1.82) is 0 Å². The van der Waals surface area contributed by atoms with Crippen LogP contribution in [-0.4, -0.2) is 11.1 Å². The minimum Gasteiger partial charge on any atom is -0.383 e. The molecule has 1 unspecified atom stereocenters. The maximum atomic E-state index is 5.66. The molecule has 13 heavy (non-hydrogen) atoms. The van der Waals surface area contributed by atoms with Crippen LogP contribution in [0.25, 0.3) is 0 Å². The van der Waals surface area contributed by atoms with E-state index in [1.165, 1.54) is 0 Å². The molecular weight excluding hydrogens is 164 g/mol. The first kappa shape index (κ1) is 9.99. The maximum absolute atomic E-state index is 5.66. The number of rotatable bonds is 4. The number of ether oxygens (including phenoxy) is 1. The molecule has 1 aromatic rings. The van der Waals surface area contributed by atoms with Crippen molar-refractivity contribution < 1.29 is 4.74 Å². The van der Waals surface area contributed by atoms with Crippen LogP contribution in [0.2, 0.25) is 0 Å². The van der Waals surface area contributed by atoms with E-state index in [4.69, 9.17) is 10.5 Å². The average Bonchev–Trinajstić information content (AvgIpc) is 2.16. The van der Waals surface area contributed by atoms with Crippen molar-refractivity contribution in [3.63, 3.8) is 0 Å². The number of hydrogen-bond donors (Lipinski definition) is 1. The van der Waals surface area contributed by atoms with Crippen molar-refractivity contribution in [2.24, 2.45) is 0 Å². The molecule has 1 atom stereocenters. The van der Waals surface area contributed by atoms with Gasteiger partial charge in [0.05, 0.1) is 12.7 Å². The fraction of sp³-hybridized carbons (Fsp3) is 0.500. The number of aromatic nitrogens is 1. The van der Waals surface area contributed by atoms with Gasteiger partial charge >= 0.3 is 0 Å². The molecule has 1 rings (SSSR count). The smallest absolute Gasteiger partial charge is 0.128 e. The van der Waals surface area contributed by atoms with Crippen molar-refractivity contribution in [3.8, 4) is 0 Å². The number of nitrogen functional groups attached to an aromatic ring is 1. The van der Waals surface area contributed by atoms with Crippen LogP contribution in [-0.2, 0) is 11.3 Å². The third-order valence-corrected chi connectivity index (χ3v) is 2.02. The fourth-order valence-electron chi connectivity index (χ4n) is 0.923. The Morgan fingerprint density at radius 1 is 1.62 bits per heavy atom. The minimum atomic E-state index is 0.277. The summed E-state index contributed by atoms with van der Waals surface area (Å²) in [5.74, 6) is 0.561. The highest BCUT2D eigenvalue weighted by atomic mass is 16.5. The van der Waals surface area contributed by atoms with Crippen molar-refractivity contribution in [3.05, 3.63) is 23.9 Å². The van der Waals surface area contributed by atoms with Gasteiger partial charge in [0.2, 0.25) is 0 Å². The highest BCUT2D eigenvalue weighted by Crippen LogP contribution is 2.10. The Labute approximate surface area is 78.9 Å². The molecule has 0 aromatic carbocycles. The SMILES string of the molecule is CCC(C)OCc1cccnc1N. The molecule has 0 aliphatic carbocycles. The molecule has 1 aromatic heterocycles. The molecule has 0 aliphatic rings. The van der Waals surface area contributed by atoms with Crippen LogP contribution in [0.3, 0.4) is 0 Å². The Kier molecular flexibility index (Phi) is 3.71. The zero-order chi connectivity index (χ0) is 9.68. The largest absolute Gasteiger partial charge is 0.383 e. The first-order valence-corrected chi connectivity index (χ1v) is 4.55. The quantitative estimate of drug-likeness (QED) is 0.770. The summed E-state index contributed by atoms with van der Waals surface area (Å²) >= 11 is 0. The monoisotopic (exact) mass is 180 g/mol. The van der Waals surface area contributed by atoms with E-state index in [9.17, 15) is 0 Å². The number of hydrogen-bond acceptors (Lipinski definition) is 3. The molecule has 0 aliphatic heterocycles. The van der Waals surface area contributed by atoms with Crippen LogP contribution < -0.4 is 5.73 Å². The van der Waals surface area contributed by atoms with E-state index in [2.05, 4.69) is 11.9 Å². The first-order valence-electron chi connectivity index (χ1n) is 4.55. The van der Waals surface area contributed by atoms with Gasteiger partial charge in [-0.05, 0) is 19.4 Å². The summed E-state index contributed by atoms with van der Waals surface area (Å²) in [6, 6.07) is 3.80. The second kappa shape index (κ2) is 4.82. The van der Waals surface area contributed by atoms with E-state index < -0.39 is 0 Å². The Morgan fingerprint density at radius 2 is 2.38 bits per heavy atom. The average molecular weight is 180 g/mol. The molecule has 0 spiro atoms. The molecule has 2 N–H and O–H groups in total. The molecule has 0 radical (unpaired) electrons. The normalized spacial score (nSPS) is 12.8.